The molecule has 100 valence electrons. The van der Waals surface area contributed by atoms with Crippen LogP contribution in [-0.2, 0) is 10.0 Å². The number of carboxylic acid groups (broad SMARTS) is 1. The van der Waals surface area contributed by atoms with E-state index in [2.05, 4.69) is 9.14 Å². The number of sulfonamides is 1. The van der Waals surface area contributed by atoms with Crippen molar-refractivity contribution < 1.29 is 27.1 Å². The number of halogens is 1. The van der Waals surface area contributed by atoms with Crippen LogP contribution in [-0.4, -0.2) is 19.5 Å². The van der Waals surface area contributed by atoms with E-state index in [9.17, 15) is 17.6 Å². The molecule has 1 heterocycles. The average Bonchev–Trinajstić information content (AvgIpc) is 2.78. The molecule has 0 unspecified atom stereocenters. The maximum absolute atomic E-state index is 12.9. The van der Waals surface area contributed by atoms with Crippen LogP contribution in [0.3, 0.4) is 0 Å². The SMILES string of the molecule is O=C(O)c1ccc(S(=O)(=O)Nc2cccc(F)c2)o1. The van der Waals surface area contributed by atoms with E-state index in [0.717, 1.165) is 24.3 Å². The van der Waals surface area contributed by atoms with Gasteiger partial charge in [0.15, 0.2) is 0 Å². The fraction of sp³-hybridized carbons (Fsp3) is 0. The molecule has 0 bridgehead atoms. The van der Waals surface area contributed by atoms with E-state index >= 15 is 0 Å². The van der Waals surface area contributed by atoms with Crippen LogP contribution in [0.5, 0.6) is 0 Å². The lowest BCUT2D eigenvalue weighted by atomic mass is 10.3. The van der Waals surface area contributed by atoms with E-state index in [-0.39, 0.29) is 5.69 Å². The van der Waals surface area contributed by atoms with Crippen LogP contribution in [0.1, 0.15) is 10.6 Å². The molecule has 19 heavy (non-hydrogen) atoms. The maximum Gasteiger partial charge on any atom is 0.371 e. The van der Waals surface area contributed by atoms with E-state index in [1.54, 1.807) is 0 Å². The van der Waals surface area contributed by atoms with Crippen LogP contribution in [0.25, 0.3) is 0 Å². The second-order valence-corrected chi connectivity index (χ2v) is 5.15. The summed E-state index contributed by atoms with van der Waals surface area (Å²) < 4.78 is 43.3. The Morgan fingerprint density at radius 3 is 2.58 bits per heavy atom. The first-order valence-electron chi connectivity index (χ1n) is 5.00. The molecular formula is C11H8FNO5S. The lowest BCUT2D eigenvalue weighted by Gasteiger charge is -2.05. The number of benzene rings is 1. The first-order valence-corrected chi connectivity index (χ1v) is 6.48. The molecule has 0 amide bonds. The highest BCUT2D eigenvalue weighted by molar-refractivity contribution is 7.92. The van der Waals surface area contributed by atoms with E-state index < -0.39 is 32.7 Å². The Kier molecular flexibility index (Phi) is 3.26. The van der Waals surface area contributed by atoms with E-state index in [4.69, 9.17) is 5.11 Å². The summed E-state index contributed by atoms with van der Waals surface area (Å²) in [5, 5.41) is 8.07. The molecule has 0 atom stereocenters. The summed E-state index contributed by atoms with van der Waals surface area (Å²) in [6.07, 6.45) is 0. The van der Waals surface area contributed by atoms with Crippen molar-refractivity contribution in [2.75, 3.05) is 4.72 Å². The minimum atomic E-state index is -4.09. The number of aromatic carboxylic acids is 1. The van der Waals surface area contributed by atoms with Gasteiger partial charge in [-0.15, -0.1) is 0 Å². The molecule has 0 aliphatic carbocycles. The first-order chi connectivity index (χ1) is 8.88. The summed E-state index contributed by atoms with van der Waals surface area (Å²) in [6, 6.07) is 6.85. The molecule has 1 aromatic carbocycles. The number of hydrogen-bond acceptors (Lipinski definition) is 4. The van der Waals surface area contributed by atoms with Crippen molar-refractivity contribution in [1.29, 1.82) is 0 Å². The normalized spacial score (nSPS) is 11.2. The molecule has 0 fully saturated rings. The van der Waals surface area contributed by atoms with Gasteiger partial charge in [-0.2, -0.15) is 8.42 Å². The van der Waals surface area contributed by atoms with E-state index in [1.165, 1.54) is 12.1 Å². The molecule has 2 N–H and O–H groups in total. The average molecular weight is 285 g/mol. The molecule has 2 aromatic rings. The van der Waals surface area contributed by atoms with E-state index in [0.29, 0.717) is 0 Å². The van der Waals surface area contributed by atoms with Crippen molar-refractivity contribution in [3.05, 3.63) is 48.0 Å². The number of carbonyl (C=O) groups is 1. The van der Waals surface area contributed by atoms with Gasteiger partial charge in [0.1, 0.15) is 5.82 Å². The van der Waals surface area contributed by atoms with Crippen molar-refractivity contribution in [3.63, 3.8) is 0 Å². The third kappa shape index (κ3) is 2.91. The standard InChI is InChI=1S/C11H8FNO5S/c12-7-2-1-3-8(6-7)13-19(16,17)10-5-4-9(18-10)11(14)15/h1-6,13H,(H,14,15). The van der Waals surface area contributed by atoms with Gasteiger partial charge in [0.05, 0.1) is 5.69 Å². The zero-order valence-corrected chi connectivity index (χ0v) is 10.1. The number of rotatable bonds is 4. The molecule has 0 aliphatic rings. The van der Waals surface area contributed by atoms with Crippen molar-refractivity contribution >= 4 is 21.7 Å². The van der Waals surface area contributed by atoms with Gasteiger partial charge in [-0.05, 0) is 30.3 Å². The van der Waals surface area contributed by atoms with Crippen LogP contribution in [0.2, 0.25) is 0 Å². The highest BCUT2D eigenvalue weighted by Crippen LogP contribution is 2.19. The highest BCUT2D eigenvalue weighted by Gasteiger charge is 2.21. The Hall–Kier alpha value is -2.35. The number of nitrogens with one attached hydrogen (secondary N) is 1. The minimum absolute atomic E-state index is 0.00766. The van der Waals surface area contributed by atoms with Crippen LogP contribution < -0.4 is 4.72 Å². The number of hydrogen-bond donors (Lipinski definition) is 2. The lowest BCUT2D eigenvalue weighted by molar-refractivity contribution is 0.0656. The Morgan fingerprint density at radius 2 is 2.00 bits per heavy atom. The first kappa shape index (κ1) is 13.1. The van der Waals surface area contributed by atoms with Crippen LogP contribution in [0.15, 0.2) is 45.9 Å². The van der Waals surface area contributed by atoms with Gasteiger partial charge in [0.25, 0.3) is 10.0 Å². The summed E-state index contributed by atoms with van der Waals surface area (Å²) >= 11 is 0. The van der Waals surface area contributed by atoms with Gasteiger partial charge < -0.3 is 9.52 Å². The summed E-state index contributed by atoms with van der Waals surface area (Å²) in [5.41, 5.74) is 0.00766. The molecule has 0 spiro atoms. The van der Waals surface area contributed by atoms with Gasteiger partial charge in [-0.3, -0.25) is 4.72 Å². The fourth-order valence-electron chi connectivity index (χ4n) is 1.34. The monoisotopic (exact) mass is 285 g/mol. The summed E-state index contributed by atoms with van der Waals surface area (Å²) in [6.45, 7) is 0. The van der Waals surface area contributed by atoms with Crippen LogP contribution in [0.4, 0.5) is 10.1 Å². The molecular weight excluding hydrogens is 277 g/mol. The molecule has 2 rings (SSSR count). The highest BCUT2D eigenvalue weighted by atomic mass is 32.2. The third-order valence-electron chi connectivity index (χ3n) is 2.13. The predicted molar refractivity (Wildman–Crippen MR) is 62.9 cm³/mol. The van der Waals surface area contributed by atoms with Crippen molar-refractivity contribution in [3.8, 4) is 0 Å². The lowest BCUT2D eigenvalue weighted by Crippen LogP contribution is -2.12. The largest absolute Gasteiger partial charge is 0.475 e. The summed E-state index contributed by atoms with van der Waals surface area (Å²) in [7, 11) is -4.09. The Bertz CT molecular complexity index is 722. The smallest absolute Gasteiger partial charge is 0.371 e. The summed E-state index contributed by atoms with van der Waals surface area (Å²) in [5.74, 6) is -2.49. The molecule has 8 heteroatoms. The Morgan fingerprint density at radius 1 is 1.26 bits per heavy atom. The van der Waals surface area contributed by atoms with Gasteiger partial charge in [0, 0.05) is 0 Å². The fourth-order valence-corrected chi connectivity index (χ4v) is 2.32. The maximum atomic E-state index is 12.9. The molecule has 0 saturated carbocycles. The van der Waals surface area contributed by atoms with E-state index in [1.807, 2.05) is 0 Å². The number of anilines is 1. The van der Waals surface area contributed by atoms with Crippen molar-refractivity contribution in [2.45, 2.75) is 5.09 Å². The number of furan rings is 1. The topological polar surface area (TPSA) is 96.6 Å². The van der Waals surface area contributed by atoms with Crippen molar-refractivity contribution in [2.24, 2.45) is 0 Å². The molecule has 6 nitrogen and oxygen atoms in total. The van der Waals surface area contributed by atoms with Crippen LogP contribution in [0, 0.1) is 5.82 Å². The second-order valence-electron chi connectivity index (χ2n) is 3.54. The molecule has 0 radical (unpaired) electrons. The zero-order valence-electron chi connectivity index (χ0n) is 9.33. The Labute approximate surface area is 107 Å². The van der Waals surface area contributed by atoms with Gasteiger partial charge in [0.2, 0.25) is 10.9 Å². The summed E-state index contributed by atoms with van der Waals surface area (Å²) in [4.78, 5) is 10.6. The predicted octanol–water partition coefficient (Wildman–Crippen LogP) is 1.92. The van der Waals surface area contributed by atoms with Gasteiger partial charge in [-0.1, -0.05) is 6.07 Å². The Balaban J connectivity index is 2.29. The molecule has 0 aliphatic heterocycles. The quantitative estimate of drug-likeness (QED) is 0.894. The molecule has 1 aromatic heterocycles. The zero-order chi connectivity index (χ0) is 14.0. The van der Waals surface area contributed by atoms with Gasteiger partial charge in [-0.25, -0.2) is 9.18 Å². The number of carboxylic acids is 1. The van der Waals surface area contributed by atoms with Gasteiger partial charge >= 0.3 is 5.97 Å². The van der Waals surface area contributed by atoms with Crippen LogP contribution >= 0.6 is 0 Å². The minimum Gasteiger partial charge on any atom is -0.475 e. The van der Waals surface area contributed by atoms with Crippen molar-refractivity contribution in [1.82, 2.24) is 0 Å². The third-order valence-corrected chi connectivity index (χ3v) is 3.39. The molecule has 0 saturated heterocycles. The second kappa shape index (κ2) is 4.73.